The first-order valence-corrected chi connectivity index (χ1v) is 15.3. The summed E-state index contributed by atoms with van der Waals surface area (Å²) in [6.45, 7) is 11.4. The van der Waals surface area contributed by atoms with Crippen molar-refractivity contribution in [2.45, 2.75) is 109 Å². The Morgan fingerprint density at radius 3 is 2.28 bits per heavy atom. The molecule has 11 heteroatoms. The predicted octanol–water partition coefficient (Wildman–Crippen LogP) is 3.20. The van der Waals surface area contributed by atoms with E-state index in [1.54, 1.807) is 32.6 Å². The number of nitrogens with one attached hydrogen (secondary N) is 2. The van der Waals surface area contributed by atoms with Gasteiger partial charge in [-0.25, -0.2) is 9.59 Å². The van der Waals surface area contributed by atoms with Gasteiger partial charge in [0.1, 0.15) is 29.3 Å². The third-order valence-electron chi connectivity index (χ3n) is 8.14. The SMILES string of the molecule is CC[C@H](NC(=O)OC(C)(C)C)C(=O)N1CCC[C@H]1C(=O)N1CCCC1(Cc1ccccc1)C(=O)N[C@H](C(=O)OC)C(C)C. The standard InChI is InChI=1S/C32H48N4O7/c1-8-23(33-30(41)43-31(4,5)6)26(37)35-18-12-16-24(35)27(38)36-19-13-17-32(36,20-22-14-10-9-11-15-22)29(40)34-25(21(2)3)28(39)42-7/h9-11,14-15,21,23-25H,8,12-13,16-20H2,1-7H3,(H,33,41)(H,34,40)/t23-,24-,25-,32?/m0/s1. The predicted molar refractivity (Wildman–Crippen MR) is 161 cm³/mol. The lowest BCUT2D eigenvalue weighted by Gasteiger charge is -2.41. The molecule has 2 heterocycles. The van der Waals surface area contributed by atoms with Gasteiger partial charge in [-0.15, -0.1) is 0 Å². The maximum Gasteiger partial charge on any atom is 0.408 e. The Kier molecular flexibility index (Phi) is 11.2. The molecule has 43 heavy (non-hydrogen) atoms. The fourth-order valence-electron chi connectivity index (χ4n) is 5.99. The van der Waals surface area contributed by atoms with Gasteiger partial charge in [-0.2, -0.15) is 0 Å². The molecule has 0 radical (unpaired) electrons. The van der Waals surface area contributed by atoms with Gasteiger partial charge in [0.15, 0.2) is 0 Å². The Labute approximate surface area is 255 Å². The van der Waals surface area contributed by atoms with Gasteiger partial charge >= 0.3 is 12.1 Å². The highest BCUT2D eigenvalue weighted by Crippen LogP contribution is 2.36. The summed E-state index contributed by atoms with van der Waals surface area (Å²) in [5, 5.41) is 5.56. The van der Waals surface area contributed by atoms with E-state index in [1.165, 1.54) is 12.0 Å². The van der Waals surface area contributed by atoms with Gasteiger partial charge in [-0.1, -0.05) is 51.1 Å². The van der Waals surface area contributed by atoms with E-state index in [2.05, 4.69) is 10.6 Å². The molecule has 2 N–H and O–H groups in total. The van der Waals surface area contributed by atoms with E-state index in [9.17, 15) is 24.0 Å². The lowest BCUT2D eigenvalue weighted by molar-refractivity contribution is -0.154. The number of carbonyl (C=O) groups excluding carboxylic acids is 5. The molecule has 2 fully saturated rings. The second-order valence-corrected chi connectivity index (χ2v) is 12.8. The quantitative estimate of drug-likeness (QED) is 0.394. The first kappa shape index (κ1) is 33.9. The number of methoxy groups -OCH3 is 1. The molecule has 238 valence electrons. The second-order valence-electron chi connectivity index (χ2n) is 12.8. The molecule has 1 aromatic rings. The number of ether oxygens (including phenoxy) is 2. The second kappa shape index (κ2) is 14.2. The fourth-order valence-corrected chi connectivity index (χ4v) is 5.99. The van der Waals surface area contributed by atoms with Crippen LogP contribution in [-0.4, -0.2) is 89.0 Å². The van der Waals surface area contributed by atoms with Gasteiger partial charge in [-0.3, -0.25) is 14.4 Å². The Balaban J connectivity index is 1.91. The molecule has 11 nitrogen and oxygen atoms in total. The maximum atomic E-state index is 14.4. The molecule has 4 amide bonds. The van der Waals surface area contributed by atoms with Crippen LogP contribution in [-0.2, 0) is 35.1 Å². The summed E-state index contributed by atoms with van der Waals surface area (Å²) in [6, 6.07) is 6.97. The summed E-state index contributed by atoms with van der Waals surface area (Å²) >= 11 is 0. The lowest BCUT2D eigenvalue weighted by atomic mass is 9.85. The number of alkyl carbamates (subject to hydrolysis) is 1. The molecule has 2 saturated heterocycles. The molecule has 2 aliphatic rings. The Bertz CT molecular complexity index is 1170. The average molecular weight is 601 g/mol. The summed E-state index contributed by atoms with van der Waals surface area (Å²) in [6.07, 6.45) is 1.95. The van der Waals surface area contributed by atoms with Crippen LogP contribution in [0.25, 0.3) is 0 Å². The average Bonchev–Trinajstić information content (AvgIpc) is 3.61. The van der Waals surface area contributed by atoms with Crippen molar-refractivity contribution in [3.8, 4) is 0 Å². The highest BCUT2D eigenvalue weighted by Gasteiger charge is 2.53. The van der Waals surface area contributed by atoms with Crippen LogP contribution in [0.2, 0.25) is 0 Å². The van der Waals surface area contributed by atoms with E-state index in [1.807, 2.05) is 44.2 Å². The monoisotopic (exact) mass is 600 g/mol. The molecule has 0 saturated carbocycles. The molecule has 0 aromatic heterocycles. The zero-order chi connectivity index (χ0) is 31.9. The highest BCUT2D eigenvalue weighted by molar-refractivity contribution is 5.98. The van der Waals surface area contributed by atoms with E-state index >= 15 is 0 Å². The van der Waals surface area contributed by atoms with Gasteiger partial charge in [0.25, 0.3) is 0 Å². The molecule has 0 spiro atoms. The van der Waals surface area contributed by atoms with Crippen molar-refractivity contribution in [3.05, 3.63) is 35.9 Å². The zero-order valence-electron chi connectivity index (χ0n) is 26.6. The van der Waals surface area contributed by atoms with Crippen molar-refractivity contribution in [1.82, 2.24) is 20.4 Å². The van der Waals surface area contributed by atoms with Gasteiger partial charge in [0.2, 0.25) is 17.7 Å². The Hall–Kier alpha value is -3.63. The van der Waals surface area contributed by atoms with E-state index in [4.69, 9.17) is 9.47 Å². The third kappa shape index (κ3) is 8.06. The van der Waals surface area contributed by atoms with Crippen molar-refractivity contribution < 1.29 is 33.4 Å². The topological polar surface area (TPSA) is 134 Å². The molecule has 2 aliphatic heterocycles. The van der Waals surface area contributed by atoms with Crippen LogP contribution in [0.1, 0.15) is 79.2 Å². The number of benzene rings is 1. The molecule has 0 aliphatic carbocycles. The number of hydrogen-bond donors (Lipinski definition) is 2. The van der Waals surface area contributed by atoms with Crippen LogP contribution in [0.15, 0.2) is 30.3 Å². The first-order valence-electron chi connectivity index (χ1n) is 15.3. The number of rotatable bonds is 10. The van der Waals surface area contributed by atoms with Gasteiger partial charge in [0, 0.05) is 19.5 Å². The number of carbonyl (C=O) groups is 5. The fraction of sp³-hybridized carbons (Fsp3) is 0.656. The van der Waals surface area contributed by atoms with Crippen LogP contribution < -0.4 is 10.6 Å². The highest BCUT2D eigenvalue weighted by atomic mass is 16.6. The molecule has 4 atom stereocenters. The minimum atomic E-state index is -1.25. The summed E-state index contributed by atoms with van der Waals surface area (Å²) in [5.74, 6) is -1.86. The number of nitrogens with zero attached hydrogens (tertiary/aromatic N) is 2. The van der Waals surface area contributed by atoms with E-state index < -0.39 is 47.2 Å². The van der Waals surface area contributed by atoms with E-state index in [-0.39, 0.29) is 24.2 Å². The summed E-state index contributed by atoms with van der Waals surface area (Å²) in [7, 11) is 1.28. The Morgan fingerprint density at radius 2 is 1.70 bits per heavy atom. The first-order chi connectivity index (χ1) is 20.2. The van der Waals surface area contributed by atoms with Crippen molar-refractivity contribution in [2.24, 2.45) is 5.92 Å². The number of likely N-dealkylation sites (tertiary alicyclic amines) is 2. The minimum Gasteiger partial charge on any atom is -0.467 e. The van der Waals surface area contributed by atoms with Gasteiger partial charge in [-0.05, 0) is 64.4 Å². The van der Waals surface area contributed by atoms with Crippen molar-refractivity contribution >= 4 is 29.8 Å². The van der Waals surface area contributed by atoms with Crippen LogP contribution in [0.4, 0.5) is 4.79 Å². The largest absolute Gasteiger partial charge is 0.467 e. The van der Waals surface area contributed by atoms with Crippen LogP contribution in [0.5, 0.6) is 0 Å². The summed E-state index contributed by atoms with van der Waals surface area (Å²) < 4.78 is 10.3. The van der Waals surface area contributed by atoms with Crippen LogP contribution in [0.3, 0.4) is 0 Å². The van der Waals surface area contributed by atoms with Crippen molar-refractivity contribution in [3.63, 3.8) is 0 Å². The smallest absolute Gasteiger partial charge is 0.408 e. The van der Waals surface area contributed by atoms with Crippen molar-refractivity contribution in [2.75, 3.05) is 20.2 Å². The zero-order valence-corrected chi connectivity index (χ0v) is 26.6. The lowest BCUT2D eigenvalue weighted by Crippen LogP contribution is -2.64. The minimum absolute atomic E-state index is 0.234. The molecular weight excluding hydrogens is 552 g/mol. The summed E-state index contributed by atoms with van der Waals surface area (Å²) in [5.41, 5.74) is -1.10. The summed E-state index contributed by atoms with van der Waals surface area (Å²) in [4.78, 5) is 70.4. The van der Waals surface area contributed by atoms with Gasteiger partial charge < -0.3 is 29.9 Å². The molecular formula is C32H48N4O7. The molecule has 1 aromatic carbocycles. The number of hydrogen-bond acceptors (Lipinski definition) is 7. The molecule has 3 rings (SSSR count). The van der Waals surface area contributed by atoms with Gasteiger partial charge in [0.05, 0.1) is 7.11 Å². The number of esters is 1. The van der Waals surface area contributed by atoms with Crippen molar-refractivity contribution in [1.29, 1.82) is 0 Å². The maximum absolute atomic E-state index is 14.4. The number of amides is 4. The third-order valence-corrected chi connectivity index (χ3v) is 8.14. The van der Waals surface area contributed by atoms with Crippen LogP contribution in [0, 0.1) is 5.92 Å². The van der Waals surface area contributed by atoms with E-state index in [0.29, 0.717) is 45.2 Å². The van der Waals surface area contributed by atoms with Crippen LogP contribution >= 0.6 is 0 Å². The normalized spacial score (nSPS) is 21.7. The Morgan fingerprint density at radius 1 is 1.02 bits per heavy atom. The van der Waals surface area contributed by atoms with E-state index in [0.717, 1.165) is 5.56 Å². The molecule has 1 unspecified atom stereocenters. The molecule has 0 bridgehead atoms.